The second kappa shape index (κ2) is 4.84. The predicted octanol–water partition coefficient (Wildman–Crippen LogP) is 1.49. The Hall–Kier alpha value is -2.00. The van der Waals surface area contributed by atoms with E-state index in [2.05, 4.69) is 11.4 Å². The van der Waals surface area contributed by atoms with Gasteiger partial charge in [-0.2, -0.15) is 17.0 Å². The minimum absolute atomic E-state index is 0.144. The van der Waals surface area contributed by atoms with Crippen LogP contribution in [0, 0.1) is 11.3 Å². The number of hydrogen-bond donors (Lipinski definition) is 1. The van der Waals surface area contributed by atoms with E-state index in [1.165, 1.54) is 4.90 Å². The lowest BCUT2D eigenvalue weighted by molar-refractivity contribution is -0.130. The number of benzene rings is 1. The molecule has 102 valence electrons. The molecular formula is C14H13N3O2S. The first-order valence-electron chi connectivity index (χ1n) is 6.35. The second-order valence-electron chi connectivity index (χ2n) is 5.02. The number of thioether (sulfide) groups is 1. The van der Waals surface area contributed by atoms with Crippen LogP contribution < -0.4 is 5.32 Å². The van der Waals surface area contributed by atoms with Crippen LogP contribution in [0.1, 0.15) is 17.5 Å². The third kappa shape index (κ3) is 2.04. The maximum absolute atomic E-state index is 12.5. The van der Waals surface area contributed by atoms with E-state index in [1.807, 2.05) is 6.07 Å². The normalized spacial score (nSPS) is 25.1. The largest absolute Gasteiger partial charge is 0.325 e. The van der Waals surface area contributed by atoms with Gasteiger partial charge in [0.15, 0.2) is 0 Å². The van der Waals surface area contributed by atoms with E-state index in [1.54, 1.807) is 30.0 Å². The van der Waals surface area contributed by atoms with Gasteiger partial charge in [-0.3, -0.25) is 9.69 Å². The van der Waals surface area contributed by atoms with Crippen LogP contribution in [0.25, 0.3) is 0 Å². The van der Waals surface area contributed by atoms with Gasteiger partial charge in [0.2, 0.25) is 0 Å². The molecule has 5 nitrogen and oxygen atoms in total. The molecule has 1 aromatic carbocycles. The summed E-state index contributed by atoms with van der Waals surface area (Å²) in [6.45, 7) is 0.215. The number of amides is 3. The minimum atomic E-state index is -0.700. The molecule has 1 atom stereocenters. The van der Waals surface area contributed by atoms with Crippen LogP contribution in [0.15, 0.2) is 24.3 Å². The molecule has 0 aromatic heterocycles. The number of carbonyl (C=O) groups is 2. The Morgan fingerprint density at radius 2 is 2.30 bits per heavy atom. The summed E-state index contributed by atoms with van der Waals surface area (Å²) in [7, 11) is 0. The van der Waals surface area contributed by atoms with Crippen LogP contribution in [0.2, 0.25) is 0 Å². The van der Waals surface area contributed by atoms with Crippen molar-refractivity contribution in [3.8, 4) is 6.07 Å². The molecular weight excluding hydrogens is 274 g/mol. The van der Waals surface area contributed by atoms with Gasteiger partial charge in [0.05, 0.1) is 18.2 Å². The first-order valence-corrected chi connectivity index (χ1v) is 7.51. The fourth-order valence-corrected chi connectivity index (χ4v) is 3.90. The van der Waals surface area contributed by atoms with Gasteiger partial charge < -0.3 is 5.32 Å². The number of carbonyl (C=O) groups excluding carboxylic acids is 2. The minimum Gasteiger partial charge on any atom is -0.322 e. The Morgan fingerprint density at radius 3 is 3.00 bits per heavy atom. The van der Waals surface area contributed by atoms with E-state index in [9.17, 15) is 9.59 Å². The number of nitriles is 1. The number of rotatable bonds is 2. The zero-order valence-electron chi connectivity index (χ0n) is 10.8. The van der Waals surface area contributed by atoms with E-state index < -0.39 is 5.54 Å². The lowest BCUT2D eigenvalue weighted by atomic mass is 9.99. The van der Waals surface area contributed by atoms with Gasteiger partial charge in [0, 0.05) is 5.75 Å². The Morgan fingerprint density at radius 1 is 1.45 bits per heavy atom. The summed E-state index contributed by atoms with van der Waals surface area (Å²) in [6, 6.07) is 8.70. The zero-order valence-corrected chi connectivity index (χ0v) is 11.6. The summed E-state index contributed by atoms with van der Waals surface area (Å²) in [5.74, 6) is 1.39. The Balaban J connectivity index is 1.82. The van der Waals surface area contributed by atoms with E-state index >= 15 is 0 Å². The smallest absolute Gasteiger partial charge is 0.322 e. The molecule has 3 amide bonds. The molecule has 0 radical (unpaired) electrons. The highest BCUT2D eigenvalue weighted by Gasteiger charge is 2.52. The fourth-order valence-electron chi connectivity index (χ4n) is 2.57. The van der Waals surface area contributed by atoms with Crippen molar-refractivity contribution in [3.05, 3.63) is 35.4 Å². The summed E-state index contributed by atoms with van der Waals surface area (Å²) >= 11 is 1.69. The van der Waals surface area contributed by atoms with Crippen molar-refractivity contribution in [2.45, 2.75) is 18.5 Å². The molecule has 2 fully saturated rings. The number of hydrogen-bond acceptors (Lipinski definition) is 4. The van der Waals surface area contributed by atoms with Crippen LogP contribution in [0.3, 0.4) is 0 Å². The molecule has 0 saturated carbocycles. The Labute approximate surface area is 120 Å². The highest BCUT2D eigenvalue weighted by Crippen LogP contribution is 2.33. The van der Waals surface area contributed by atoms with Gasteiger partial charge in [0.1, 0.15) is 5.54 Å². The number of nitrogens with one attached hydrogen (secondary N) is 1. The molecule has 0 bridgehead atoms. The van der Waals surface area contributed by atoms with Crippen molar-refractivity contribution in [2.75, 3.05) is 11.5 Å². The van der Waals surface area contributed by atoms with Gasteiger partial charge in [0.25, 0.3) is 5.91 Å². The average Bonchev–Trinajstić information content (AvgIpc) is 3.01. The van der Waals surface area contributed by atoms with Crippen molar-refractivity contribution in [1.29, 1.82) is 5.26 Å². The zero-order chi connectivity index (χ0) is 14.2. The number of urea groups is 1. The lowest BCUT2D eigenvalue weighted by Gasteiger charge is -2.19. The molecule has 2 aliphatic rings. The third-order valence-corrected chi connectivity index (χ3v) is 4.85. The summed E-state index contributed by atoms with van der Waals surface area (Å²) in [4.78, 5) is 25.7. The van der Waals surface area contributed by atoms with Gasteiger partial charge in [-0.15, -0.1) is 0 Å². The van der Waals surface area contributed by atoms with E-state index in [-0.39, 0.29) is 18.5 Å². The third-order valence-electron chi connectivity index (χ3n) is 3.66. The van der Waals surface area contributed by atoms with Gasteiger partial charge in [-0.05, 0) is 29.9 Å². The maximum atomic E-state index is 12.5. The first kappa shape index (κ1) is 13.0. The molecule has 0 unspecified atom stereocenters. The molecule has 0 aliphatic carbocycles. The number of imide groups is 1. The second-order valence-corrected chi connectivity index (χ2v) is 6.12. The average molecular weight is 287 g/mol. The van der Waals surface area contributed by atoms with Crippen molar-refractivity contribution < 1.29 is 9.59 Å². The molecule has 2 aliphatic heterocycles. The van der Waals surface area contributed by atoms with Gasteiger partial charge >= 0.3 is 6.03 Å². The molecule has 2 heterocycles. The highest BCUT2D eigenvalue weighted by molar-refractivity contribution is 7.99. The fraction of sp³-hybridized carbons (Fsp3) is 0.357. The monoisotopic (exact) mass is 287 g/mol. The molecule has 1 spiro atoms. The maximum Gasteiger partial charge on any atom is 0.325 e. The van der Waals surface area contributed by atoms with Crippen molar-refractivity contribution in [1.82, 2.24) is 10.2 Å². The molecule has 1 aromatic rings. The van der Waals surface area contributed by atoms with Crippen molar-refractivity contribution >= 4 is 23.7 Å². The quantitative estimate of drug-likeness (QED) is 0.836. The van der Waals surface area contributed by atoms with Gasteiger partial charge in [-0.1, -0.05) is 12.1 Å². The Bertz CT molecular complexity index is 617. The molecule has 3 rings (SSSR count). The molecule has 6 heteroatoms. The van der Waals surface area contributed by atoms with Crippen LogP contribution in [0.5, 0.6) is 0 Å². The van der Waals surface area contributed by atoms with Gasteiger partial charge in [-0.25, -0.2) is 4.79 Å². The Kier molecular flexibility index (Phi) is 3.14. The summed E-state index contributed by atoms with van der Waals surface area (Å²) < 4.78 is 0. The first-order chi connectivity index (χ1) is 9.64. The highest BCUT2D eigenvalue weighted by atomic mass is 32.2. The lowest BCUT2D eigenvalue weighted by Crippen LogP contribution is -2.46. The van der Waals surface area contributed by atoms with Crippen LogP contribution in [0.4, 0.5) is 4.79 Å². The predicted molar refractivity (Wildman–Crippen MR) is 74.9 cm³/mol. The molecule has 20 heavy (non-hydrogen) atoms. The summed E-state index contributed by atoms with van der Waals surface area (Å²) in [6.07, 6.45) is 0.691. The van der Waals surface area contributed by atoms with Crippen LogP contribution in [-0.2, 0) is 11.3 Å². The standard InChI is InChI=1S/C14H13N3O2S/c15-7-10-2-1-3-11(6-10)8-17-12(18)14(16-13(17)19)4-5-20-9-14/h1-3,6H,4-5,8-9H2,(H,16,19)/t14-/m0/s1. The number of nitrogens with zero attached hydrogens (tertiary/aromatic N) is 2. The van der Waals surface area contributed by atoms with E-state index in [0.29, 0.717) is 17.7 Å². The summed E-state index contributed by atoms with van der Waals surface area (Å²) in [5.41, 5.74) is 0.616. The van der Waals surface area contributed by atoms with E-state index in [0.717, 1.165) is 11.3 Å². The molecule has 1 N–H and O–H groups in total. The molecule has 2 saturated heterocycles. The SMILES string of the molecule is N#Cc1cccc(CN2C(=O)N[C@]3(CCSC3)C2=O)c1. The topological polar surface area (TPSA) is 73.2 Å². The van der Waals surface area contributed by atoms with Crippen molar-refractivity contribution in [3.63, 3.8) is 0 Å². The van der Waals surface area contributed by atoms with Crippen molar-refractivity contribution in [2.24, 2.45) is 0 Å². The summed E-state index contributed by atoms with van der Waals surface area (Å²) in [5, 5.41) is 11.7. The van der Waals surface area contributed by atoms with E-state index in [4.69, 9.17) is 5.26 Å². The van der Waals surface area contributed by atoms with Crippen LogP contribution in [-0.4, -0.2) is 33.9 Å². The van der Waals surface area contributed by atoms with Crippen LogP contribution >= 0.6 is 11.8 Å².